The minimum absolute atomic E-state index is 0.547. The Balaban J connectivity index is 2.10. The van der Waals surface area contributed by atoms with Crippen LogP contribution in [0.1, 0.15) is 38.2 Å². The van der Waals surface area contributed by atoms with Crippen molar-refractivity contribution in [3.05, 3.63) is 34.3 Å². The van der Waals surface area contributed by atoms with Gasteiger partial charge in [-0.05, 0) is 37.4 Å². The Labute approximate surface area is 129 Å². The van der Waals surface area contributed by atoms with Crippen LogP contribution in [0.15, 0.2) is 28.7 Å². The third-order valence-corrected chi connectivity index (χ3v) is 4.96. The Hall–Kier alpha value is -0.870. The Bertz CT molecular complexity index is 473. The van der Waals surface area contributed by atoms with Gasteiger partial charge in [0.25, 0.3) is 0 Å². The van der Waals surface area contributed by atoms with Gasteiger partial charge in [0.1, 0.15) is 0 Å². The maximum absolute atomic E-state index is 11.7. The number of benzene rings is 1. The molecule has 4 heteroatoms. The predicted molar refractivity (Wildman–Crippen MR) is 83.6 cm³/mol. The Morgan fingerprint density at radius 3 is 2.85 bits per heavy atom. The molecule has 20 heavy (non-hydrogen) atoms. The number of carbonyl (C=O) groups is 1. The molecule has 0 aliphatic carbocycles. The molecular formula is C16H22BrNO2. The molecule has 1 atom stereocenters. The standard InChI is InChI=1S/C16H22BrNO2/c1-2-8-16(15(19)20)9-5-10-18(12-16)11-13-6-3-4-7-14(13)17/h3-4,6-7H,2,5,8-12H2,1H3,(H,19,20). The molecule has 1 fully saturated rings. The number of likely N-dealkylation sites (tertiary alicyclic amines) is 1. The molecular weight excluding hydrogens is 318 g/mol. The average molecular weight is 340 g/mol. The number of carboxylic acids is 1. The van der Waals surface area contributed by atoms with Crippen LogP contribution in [0, 0.1) is 5.41 Å². The lowest BCUT2D eigenvalue weighted by Crippen LogP contribution is -2.47. The fourth-order valence-corrected chi connectivity index (χ4v) is 3.60. The minimum Gasteiger partial charge on any atom is -0.481 e. The molecule has 0 bridgehead atoms. The smallest absolute Gasteiger partial charge is 0.310 e. The summed E-state index contributed by atoms with van der Waals surface area (Å²) in [6.07, 6.45) is 3.48. The van der Waals surface area contributed by atoms with Crippen molar-refractivity contribution in [3.8, 4) is 0 Å². The molecule has 1 N–H and O–H groups in total. The lowest BCUT2D eigenvalue weighted by molar-refractivity contribution is -0.153. The molecule has 1 unspecified atom stereocenters. The van der Waals surface area contributed by atoms with E-state index in [1.165, 1.54) is 5.56 Å². The zero-order valence-electron chi connectivity index (χ0n) is 11.9. The normalized spacial score (nSPS) is 23.7. The number of hydrogen-bond acceptors (Lipinski definition) is 2. The van der Waals surface area contributed by atoms with E-state index in [9.17, 15) is 9.90 Å². The van der Waals surface area contributed by atoms with Gasteiger partial charge in [0.15, 0.2) is 0 Å². The summed E-state index contributed by atoms with van der Waals surface area (Å²) in [7, 11) is 0. The van der Waals surface area contributed by atoms with E-state index in [1.54, 1.807) is 0 Å². The number of hydrogen-bond donors (Lipinski definition) is 1. The molecule has 1 saturated heterocycles. The molecule has 110 valence electrons. The van der Waals surface area contributed by atoms with E-state index in [0.29, 0.717) is 6.54 Å². The highest BCUT2D eigenvalue weighted by molar-refractivity contribution is 9.10. The largest absolute Gasteiger partial charge is 0.481 e. The van der Waals surface area contributed by atoms with Gasteiger partial charge in [0.05, 0.1) is 5.41 Å². The number of piperidine rings is 1. The molecule has 2 rings (SSSR count). The van der Waals surface area contributed by atoms with Gasteiger partial charge in [-0.1, -0.05) is 47.5 Å². The van der Waals surface area contributed by atoms with Gasteiger partial charge in [-0.25, -0.2) is 0 Å². The van der Waals surface area contributed by atoms with Gasteiger partial charge in [0.2, 0.25) is 0 Å². The molecule has 0 amide bonds. The third kappa shape index (κ3) is 3.41. The molecule has 1 heterocycles. The second-order valence-corrected chi connectivity index (χ2v) is 6.60. The summed E-state index contributed by atoms with van der Waals surface area (Å²) >= 11 is 3.57. The van der Waals surface area contributed by atoms with Gasteiger partial charge < -0.3 is 5.11 Å². The van der Waals surface area contributed by atoms with E-state index < -0.39 is 11.4 Å². The van der Waals surface area contributed by atoms with Crippen LogP contribution in [0.5, 0.6) is 0 Å². The number of halogens is 1. The Morgan fingerprint density at radius 1 is 1.45 bits per heavy atom. The van der Waals surface area contributed by atoms with Crippen LogP contribution in [-0.2, 0) is 11.3 Å². The predicted octanol–water partition coefficient (Wildman–Crippen LogP) is 3.92. The maximum atomic E-state index is 11.7. The van der Waals surface area contributed by atoms with Crippen molar-refractivity contribution >= 4 is 21.9 Å². The maximum Gasteiger partial charge on any atom is 0.310 e. The van der Waals surface area contributed by atoms with Crippen LogP contribution in [0.25, 0.3) is 0 Å². The van der Waals surface area contributed by atoms with Gasteiger partial charge >= 0.3 is 5.97 Å². The number of aliphatic carboxylic acids is 1. The van der Waals surface area contributed by atoms with Crippen LogP contribution in [0.2, 0.25) is 0 Å². The first-order valence-electron chi connectivity index (χ1n) is 7.26. The van der Waals surface area contributed by atoms with E-state index in [0.717, 1.165) is 43.2 Å². The highest BCUT2D eigenvalue weighted by Crippen LogP contribution is 2.36. The van der Waals surface area contributed by atoms with Crippen molar-refractivity contribution in [2.24, 2.45) is 5.41 Å². The number of nitrogens with zero attached hydrogens (tertiary/aromatic N) is 1. The van der Waals surface area contributed by atoms with Crippen molar-refractivity contribution < 1.29 is 9.90 Å². The summed E-state index contributed by atoms with van der Waals surface area (Å²) in [5.74, 6) is -0.629. The quantitative estimate of drug-likeness (QED) is 0.883. The highest BCUT2D eigenvalue weighted by atomic mass is 79.9. The first kappa shape index (κ1) is 15.5. The Morgan fingerprint density at radius 2 is 2.20 bits per heavy atom. The van der Waals surface area contributed by atoms with Gasteiger partial charge in [0, 0.05) is 17.6 Å². The molecule has 0 aromatic heterocycles. The SMILES string of the molecule is CCCC1(C(=O)O)CCCN(Cc2ccccc2Br)C1. The zero-order chi connectivity index (χ0) is 14.6. The van der Waals surface area contributed by atoms with E-state index >= 15 is 0 Å². The van der Waals surface area contributed by atoms with Gasteiger partial charge in [-0.3, -0.25) is 9.69 Å². The molecule has 1 aromatic rings. The van der Waals surface area contributed by atoms with Crippen molar-refractivity contribution in [2.75, 3.05) is 13.1 Å². The van der Waals surface area contributed by atoms with Crippen LogP contribution < -0.4 is 0 Å². The summed E-state index contributed by atoms with van der Waals surface area (Å²) in [5.41, 5.74) is 0.680. The molecule has 1 aromatic carbocycles. The molecule has 1 aliphatic heterocycles. The third-order valence-electron chi connectivity index (χ3n) is 4.19. The fourth-order valence-electron chi connectivity index (χ4n) is 3.19. The monoisotopic (exact) mass is 339 g/mol. The minimum atomic E-state index is -0.629. The van der Waals surface area contributed by atoms with E-state index in [-0.39, 0.29) is 0 Å². The molecule has 3 nitrogen and oxygen atoms in total. The summed E-state index contributed by atoms with van der Waals surface area (Å²) < 4.78 is 1.10. The second-order valence-electron chi connectivity index (χ2n) is 5.74. The highest BCUT2D eigenvalue weighted by Gasteiger charge is 2.41. The van der Waals surface area contributed by atoms with E-state index in [4.69, 9.17) is 0 Å². The Kier molecular flexibility index (Phi) is 5.22. The van der Waals surface area contributed by atoms with Crippen LogP contribution in [0.3, 0.4) is 0 Å². The summed E-state index contributed by atoms with van der Waals surface area (Å²) in [5, 5.41) is 9.62. The average Bonchev–Trinajstić information content (AvgIpc) is 2.42. The van der Waals surface area contributed by atoms with Crippen molar-refractivity contribution in [2.45, 2.75) is 39.2 Å². The zero-order valence-corrected chi connectivity index (χ0v) is 13.5. The first-order valence-corrected chi connectivity index (χ1v) is 8.06. The van der Waals surface area contributed by atoms with Gasteiger partial charge in [-0.2, -0.15) is 0 Å². The fraction of sp³-hybridized carbons (Fsp3) is 0.562. The summed E-state index contributed by atoms with van der Waals surface area (Å²) in [6.45, 7) is 4.54. The van der Waals surface area contributed by atoms with Gasteiger partial charge in [-0.15, -0.1) is 0 Å². The van der Waals surface area contributed by atoms with Crippen molar-refractivity contribution in [1.29, 1.82) is 0 Å². The van der Waals surface area contributed by atoms with Crippen LogP contribution in [-0.4, -0.2) is 29.1 Å². The van der Waals surface area contributed by atoms with E-state index in [2.05, 4.69) is 33.8 Å². The van der Waals surface area contributed by atoms with Crippen LogP contribution in [0.4, 0.5) is 0 Å². The second kappa shape index (κ2) is 6.72. The molecule has 1 aliphatic rings. The summed E-state index contributed by atoms with van der Waals surface area (Å²) in [6, 6.07) is 8.17. The van der Waals surface area contributed by atoms with Crippen molar-refractivity contribution in [3.63, 3.8) is 0 Å². The lowest BCUT2D eigenvalue weighted by atomic mass is 9.76. The first-order chi connectivity index (χ1) is 9.57. The van der Waals surface area contributed by atoms with Crippen molar-refractivity contribution in [1.82, 2.24) is 4.90 Å². The molecule has 0 saturated carbocycles. The number of carboxylic acid groups (broad SMARTS) is 1. The molecule has 0 radical (unpaired) electrons. The van der Waals surface area contributed by atoms with E-state index in [1.807, 2.05) is 18.2 Å². The lowest BCUT2D eigenvalue weighted by Gasteiger charge is -2.40. The summed E-state index contributed by atoms with van der Waals surface area (Å²) in [4.78, 5) is 14.0. The van der Waals surface area contributed by atoms with Crippen LogP contribution >= 0.6 is 15.9 Å². The number of rotatable bonds is 5. The molecule has 0 spiro atoms. The topological polar surface area (TPSA) is 40.5 Å².